The van der Waals surface area contributed by atoms with Crippen LogP contribution in [0.3, 0.4) is 0 Å². The summed E-state index contributed by atoms with van der Waals surface area (Å²) in [5, 5.41) is 13.6. The maximum absolute atomic E-state index is 12.2. The molecule has 1 fully saturated rings. The van der Waals surface area contributed by atoms with Crippen LogP contribution in [-0.4, -0.2) is 41.4 Å². The number of hydrogen-bond donors (Lipinski definition) is 1. The van der Waals surface area contributed by atoms with E-state index in [4.69, 9.17) is 11.6 Å². The van der Waals surface area contributed by atoms with Crippen LogP contribution in [0.25, 0.3) is 0 Å². The summed E-state index contributed by atoms with van der Waals surface area (Å²) in [6, 6.07) is 4.14. The molecule has 1 aliphatic rings. The Morgan fingerprint density at radius 1 is 1.57 bits per heavy atom. The zero-order valence-electron chi connectivity index (χ0n) is 11.8. The topological polar surface area (TPSA) is 75.5 Å². The molecule has 0 aliphatic carbocycles. The summed E-state index contributed by atoms with van der Waals surface area (Å²) >= 11 is 5.83. The van der Waals surface area contributed by atoms with Crippen molar-refractivity contribution in [3.05, 3.63) is 38.9 Å². The van der Waals surface area contributed by atoms with E-state index in [-0.39, 0.29) is 22.7 Å². The maximum Gasteiger partial charge on any atom is 0.287 e. The van der Waals surface area contributed by atoms with Crippen LogP contribution in [0.15, 0.2) is 18.2 Å². The first-order valence-corrected chi connectivity index (χ1v) is 7.36. The molecule has 1 atom stereocenters. The van der Waals surface area contributed by atoms with Gasteiger partial charge in [0.1, 0.15) is 5.02 Å². The number of nitrogens with zero attached hydrogens (tertiary/aromatic N) is 2. The van der Waals surface area contributed by atoms with Gasteiger partial charge in [-0.2, -0.15) is 0 Å². The summed E-state index contributed by atoms with van der Waals surface area (Å²) in [6.45, 7) is 4.96. The molecule has 21 heavy (non-hydrogen) atoms. The van der Waals surface area contributed by atoms with Crippen molar-refractivity contribution in [3.63, 3.8) is 0 Å². The average Bonchev–Trinajstić information content (AvgIpc) is 2.46. The van der Waals surface area contributed by atoms with Crippen LogP contribution >= 0.6 is 11.6 Å². The number of nitrogens with one attached hydrogen (secondary N) is 1. The molecule has 1 unspecified atom stereocenters. The van der Waals surface area contributed by atoms with Gasteiger partial charge in [-0.1, -0.05) is 18.5 Å². The second kappa shape index (κ2) is 6.87. The van der Waals surface area contributed by atoms with E-state index in [0.717, 1.165) is 32.5 Å². The predicted octanol–water partition coefficient (Wildman–Crippen LogP) is 2.46. The van der Waals surface area contributed by atoms with Crippen molar-refractivity contribution in [1.82, 2.24) is 10.2 Å². The molecule has 114 valence electrons. The van der Waals surface area contributed by atoms with Gasteiger partial charge in [0.15, 0.2) is 0 Å². The lowest BCUT2D eigenvalue weighted by molar-refractivity contribution is -0.384. The van der Waals surface area contributed by atoms with Crippen molar-refractivity contribution in [2.45, 2.75) is 25.8 Å². The van der Waals surface area contributed by atoms with Gasteiger partial charge in [0.2, 0.25) is 0 Å². The summed E-state index contributed by atoms with van der Waals surface area (Å²) in [6.07, 6.45) is 2.00. The van der Waals surface area contributed by atoms with Crippen LogP contribution < -0.4 is 5.32 Å². The van der Waals surface area contributed by atoms with Crippen molar-refractivity contribution < 1.29 is 9.72 Å². The fourth-order valence-electron chi connectivity index (χ4n) is 2.53. The minimum absolute atomic E-state index is 0.0218. The first-order valence-electron chi connectivity index (χ1n) is 6.98. The molecule has 0 bridgehead atoms. The lowest BCUT2D eigenvalue weighted by Crippen LogP contribution is -2.47. The van der Waals surface area contributed by atoms with Gasteiger partial charge in [0, 0.05) is 24.2 Å². The SMILES string of the molecule is CCN1CCCC(NC(=O)c2ccc([N+](=O)[O-])c(Cl)c2)C1. The molecular weight excluding hydrogens is 294 g/mol. The molecule has 6 nitrogen and oxygen atoms in total. The highest BCUT2D eigenvalue weighted by molar-refractivity contribution is 6.33. The van der Waals surface area contributed by atoms with Crippen molar-refractivity contribution >= 4 is 23.2 Å². The Bertz CT molecular complexity index is 550. The summed E-state index contributed by atoms with van der Waals surface area (Å²) in [5.74, 6) is -0.241. The van der Waals surface area contributed by atoms with E-state index in [0.29, 0.717) is 5.56 Å². The van der Waals surface area contributed by atoms with Crippen LogP contribution in [0.5, 0.6) is 0 Å². The number of carbonyl (C=O) groups excluding carboxylic acids is 1. The van der Waals surface area contributed by atoms with Gasteiger partial charge in [-0.05, 0) is 38.1 Å². The first-order chi connectivity index (χ1) is 10.0. The van der Waals surface area contributed by atoms with Gasteiger partial charge >= 0.3 is 0 Å². The van der Waals surface area contributed by atoms with Crippen molar-refractivity contribution in [1.29, 1.82) is 0 Å². The molecule has 1 amide bonds. The number of hydrogen-bond acceptors (Lipinski definition) is 4. The minimum Gasteiger partial charge on any atom is -0.348 e. The second-order valence-electron chi connectivity index (χ2n) is 5.13. The molecule has 0 spiro atoms. The third kappa shape index (κ3) is 3.92. The van der Waals surface area contributed by atoms with Gasteiger partial charge in [-0.3, -0.25) is 14.9 Å². The monoisotopic (exact) mass is 311 g/mol. The lowest BCUT2D eigenvalue weighted by atomic mass is 10.1. The summed E-state index contributed by atoms with van der Waals surface area (Å²) in [5.41, 5.74) is 0.155. The fourth-order valence-corrected chi connectivity index (χ4v) is 2.78. The third-order valence-electron chi connectivity index (χ3n) is 3.69. The summed E-state index contributed by atoms with van der Waals surface area (Å²) < 4.78 is 0. The number of benzene rings is 1. The second-order valence-corrected chi connectivity index (χ2v) is 5.54. The fraction of sp³-hybridized carbons (Fsp3) is 0.500. The standard InChI is InChI=1S/C14H18ClN3O3/c1-2-17-7-3-4-11(9-17)16-14(19)10-5-6-13(18(20)21)12(15)8-10/h5-6,8,11H,2-4,7,9H2,1H3,(H,16,19). The van der Waals surface area contributed by atoms with E-state index in [1.165, 1.54) is 18.2 Å². The molecule has 1 aromatic rings. The number of rotatable bonds is 4. The Labute approximate surface area is 128 Å². The Kier molecular flexibility index (Phi) is 5.14. The molecule has 0 saturated carbocycles. The molecule has 7 heteroatoms. The molecule has 2 rings (SSSR count). The number of nitro benzene ring substituents is 1. The van der Waals surface area contributed by atoms with Gasteiger partial charge in [-0.25, -0.2) is 0 Å². The predicted molar refractivity (Wildman–Crippen MR) is 80.7 cm³/mol. The highest BCUT2D eigenvalue weighted by Crippen LogP contribution is 2.25. The van der Waals surface area contributed by atoms with Crippen LogP contribution in [0.1, 0.15) is 30.1 Å². The minimum atomic E-state index is -0.565. The van der Waals surface area contributed by atoms with Crippen molar-refractivity contribution in [3.8, 4) is 0 Å². The van der Waals surface area contributed by atoms with Gasteiger partial charge in [0.25, 0.3) is 11.6 Å². The van der Waals surface area contributed by atoms with Gasteiger partial charge in [-0.15, -0.1) is 0 Å². The molecule has 1 aromatic carbocycles. The van der Waals surface area contributed by atoms with Gasteiger partial charge in [0.05, 0.1) is 4.92 Å². The Morgan fingerprint density at radius 3 is 2.95 bits per heavy atom. The zero-order chi connectivity index (χ0) is 15.4. The van der Waals surface area contributed by atoms with Crippen LogP contribution in [0.2, 0.25) is 5.02 Å². The number of likely N-dealkylation sites (N-methyl/N-ethyl adjacent to an activating group) is 1. The summed E-state index contributed by atoms with van der Waals surface area (Å²) in [4.78, 5) is 24.6. The normalized spacial score (nSPS) is 19.2. The number of amides is 1. The smallest absolute Gasteiger partial charge is 0.287 e. The highest BCUT2D eigenvalue weighted by Gasteiger charge is 2.22. The molecule has 1 heterocycles. The van der Waals surface area contributed by atoms with Crippen molar-refractivity contribution in [2.75, 3.05) is 19.6 Å². The van der Waals surface area contributed by atoms with Crippen molar-refractivity contribution in [2.24, 2.45) is 0 Å². The molecule has 0 radical (unpaired) electrons. The molecule has 1 N–H and O–H groups in total. The zero-order valence-corrected chi connectivity index (χ0v) is 12.6. The number of likely N-dealkylation sites (tertiary alicyclic amines) is 1. The Balaban J connectivity index is 2.03. The number of piperidine rings is 1. The molecule has 1 saturated heterocycles. The number of carbonyl (C=O) groups is 1. The van der Waals surface area contributed by atoms with E-state index < -0.39 is 4.92 Å². The lowest BCUT2D eigenvalue weighted by Gasteiger charge is -2.32. The first kappa shape index (κ1) is 15.7. The average molecular weight is 312 g/mol. The Morgan fingerprint density at radius 2 is 2.33 bits per heavy atom. The van der Waals surface area contributed by atoms with E-state index in [1.54, 1.807) is 0 Å². The molecule has 0 aromatic heterocycles. The van der Waals surface area contributed by atoms with Gasteiger partial charge < -0.3 is 10.2 Å². The number of nitro groups is 1. The van der Waals surface area contributed by atoms with E-state index >= 15 is 0 Å². The third-order valence-corrected chi connectivity index (χ3v) is 4.00. The summed E-state index contributed by atoms with van der Waals surface area (Å²) in [7, 11) is 0. The highest BCUT2D eigenvalue weighted by atomic mass is 35.5. The maximum atomic E-state index is 12.2. The molecular formula is C14H18ClN3O3. The van der Waals surface area contributed by atoms with E-state index in [2.05, 4.69) is 17.1 Å². The largest absolute Gasteiger partial charge is 0.348 e. The van der Waals surface area contributed by atoms with E-state index in [9.17, 15) is 14.9 Å². The molecule has 1 aliphatic heterocycles. The quantitative estimate of drug-likeness (QED) is 0.684. The van der Waals surface area contributed by atoms with Crippen LogP contribution in [0, 0.1) is 10.1 Å². The van der Waals surface area contributed by atoms with Crippen LogP contribution in [-0.2, 0) is 0 Å². The Hall–Kier alpha value is -1.66. The van der Waals surface area contributed by atoms with Crippen LogP contribution in [0.4, 0.5) is 5.69 Å². The number of halogens is 1. The van der Waals surface area contributed by atoms with E-state index in [1.807, 2.05) is 0 Å².